The smallest absolute Gasteiger partial charge is 0.267 e. The third kappa shape index (κ3) is 3.24. The molecule has 0 saturated heterocycles. The van der Waals surface area contributed by atoms with Gasteiger partial charge in [-0.15, -0.1) is 0 Å². The number of hydrogen-bond donors (Lipinski definition) is 1. The van der Waals surface area contributed by atoms with Crippen molar-refractivity contribution in [2.45, 2.75) is 66.3 Å². The Morgan fingerprint density at radius 1 is 1.29 bits per heavy atom. The van der Waals surface area contributed by atoms with Gasteiger partial charge in [-0.1, -0.05) is 27.2 Å². The van der Waals surface area contributed by atoms with E-state index in [0.29, 0.717) is 5.92 Å². The Morgan fingerprint density at radius 3 is 2.29 bits per heavy atom. The molecule has 1 N–H and O–H groups in total. The summed E-state index contributed by atoms with van der Waals surface area (Å²) in [5.41, 5.74) is 2.21. The molecule has 0 spiro atoms. The Morgan fingerprint density at radius 2 is 1.88 bits per heavy atom. The van der Waals surface area contributed by atoms with Crippen molar-refractivity contribution in [2.75, 3.05) is 0 Å². The van der Waals surface area contributed by atoms with Crippen LogP contribution in [0.25, 0.3) is 0 Å². The summed E-state index contributed by atoms with van der Waals surface area (Å²) in [5, 5.41) is 3.00. The molecular weight excluding hydrogens is 212 g/mol. The molecular formula is C14H26N2O. The van der Waals surface area contributed by atoms with E-state index in [9.17, 15) is 4.79 Å². The third-order valence-electron chi connectivity index (χ3n) is 2.88. The first-order chi connectivity index (χ1) is 7.77. The molecule has 3 nitrogen and oxygen atoms in total. The topological polar surface area (TPSA) is 37.8 Å². The van der Waals surface area contributed by atoms with Gasteiger partial charge in [0.05, 0.1) is 5.54 Å². The maximum atomic E-state index is 12.0. The second kappa shape index (κ2) is 5.11. The Labute approximate surface area is 104 Å². The van der Waals surface area contributed by atoms with Crippen molar-refractivity contribution in [1.82, 2.24) is 9.78 Å². The zero-order chi connectivity index (χ0) is 13.2. The SMILES string of the molecule is CCCc1c(CC(C)C)c(=O)[nH]n1C(C)(C)C. The van der Waals surface area contributed by atoms with E-state index in [0.717, 1.165) is 24.8 Å². The van der Waals surface area contributed by atoms with Crippen molar-refractivity contribution in [3.8, 4) is 0 Å². The minimum absolute atomic E-state index is 0.0567. The lowest BCUT2D eigenvalue weighted by atomic mass is 10.00. The average molecular weight is 238 g/mol. The highest BCUT2D eigenvalue weighted by molar-refractivity contribution is 5.20. The van der Waals surface area contributed by atoms with Crippen LogP contribution in [0.15, 0.2) is 4.79 Å². The van der Waals surface area contributed by atoms with Gasteiger partial charge in [0.2, 0.25) is 0 Å². The Kier molecular flexibility index (Phi) is 4.23. The van der Waals surface area contributed by atoms with E-state index in [1.54, 1.807) is 0 Å². The standard InChI is InChI=1S/C14H26N2O/c1-7-8-12-11(9-10(2)3)13(17)15-16(12)14(4,5)6/h10H,7-9H2,1-6H3,(H,15,17). The number of rotatable bonds is 4. The summed E-state index contributed by atoms with van der Waals surface area (Å²) in [6.07, 6.45) is 2.91. The zero-order valence-electron chi connectivity index (χ0n) is 12.1. The number of nitrogens with one attached hydrogen (secondary N) is 1. The lowest BCUT2D eigenvalue weighted by Crippen LogP contribution is -2.26. The summed E-state index contributed by atoms with van der Waals surface area (Å²) in [4.78, 5) is 12.0. The molecule has 1 rings (SSSR count). The van der Waals surface area contributed by atoms with Crippen LogP contribution in [0.4, 0.5) is 0 Å². The van der Waals surface area contributed by atoms with Crippen LogP contribution in [-0.2, 0) is 18.4 Å². The summed E-state index contributed by atoms with van der Waals surface area (Å²) >= 11 is 0. The lowest BCUT2D eigenvalue weighted by Gasteiger charge is -2.24. The molecule has 0 saturated carbocycles. The Balaban J connectivity index is 3.29. The monoisotopic (exact) mass is 238 g/mol. The van der Waals surface area contributed by atoms with Crippen molar-refractivity contribution in [1.29, 1.82) is 0 Å². The van der Waals surface area contributed by atoms with Gasteiger partial charge in [-0.25, -0.2) is 0 Å². The lowest BCUT2D eigenvalue weighted by molar-refractivity contribution is 0.340. The Bertz CT molecular complexity index is 418. The first-order valence-corrected chi connectivity index (χ1v) is 6.60. The van der Waals surface area contributed by atoms with Crippen LogP contribution in [0.5, 0.6) is 0 Å². The first kappa shape index (κ1) is 14.1. The van der Waals surface area contributed by atoms with Crippen LogP contribution in [0.3, 0.4) is 0 Å². The molecule has 98 valence electrons. The van der Waals surface area contributed by atoms with Crippen molar-refractivity contribution in [3.63, 3.8) is 0 Å². The predicted octanol–water partition coefficient (Wildman–Crippen LogP) is 3.08. The molecule has 1 aromatic rings. The maximum Gasteiger partial charge on any atom is 0.267 e. The van der Waals surface area contributed by atoms with Gasteiger partial charge in [-0.3, -0.25) is 14.6 Å². The van der Waals surface area contributed by atoms with Gasteiger partial charge < -0.3 is 0 Å². The minimum Gasteiger partial charge on any atom is -0.284 e. The Hall–Kier alpha value is -0.990. The van der Waals surface area contributed by atoms with Crippen molar-refractivity contribution in [3.05, 3.63) is 21.6 Å². The van der Waals surface area contributed by atoms with E-state index < -0.39 is 0 Å². The van der Waals surface area contributed by atoms with Crippen molar-refractivity contribution < 1.29 is 0 Å². The van der Waals surface area contributed by atoms with Crippen LogP contribution in [-0.4, -0.2) is 9.78 Å². The fourth-order valence-electron chi connectivity index (χ4n) is 2.19. The normalized spacial score (nSPS) is 12.4. The molecule has 0 amide bonds. The highest BCUT2D eigenvalue weighted by Crippen LogP contribution is 2.20. The molecule has 1 aromatic heterocycles. The molecule has 0 fully saturated rings. The van der Waals surface area contributed by atoms with E-state index in [1.165, 1.54) is 5.69 Å². The van der Waals surface area contributed by atoms with Gasteiger partial charge in [-0.2, -0.15) is 0 Å². The van der Waals surface area contributed by atoms with E-state index in [4.69, 9.17) is 0 Å². The fraction of sp³-hybridized carbons (Fsp3) is 0.786. The summed E-state index contributed by atoms with van der Waals surface area (Å²) in [5.74, 6) is 0.516. The number of hydrogen-bond acceptors (Lipinski definition) is 1. The fourth-order valence-corrected chi connectivity index (χ4v) is 2.19. The molecule has 1 heterocycles. The molecule has 0 bridgehead atoms. The number of nitrogens with zero attached hydrogens (tertiary/aromatic N) is 1. The van der Waals surface area contributed by atoms with Crippen LogP contribution in [0.2, 0.25) is 0 Å². The summed E-state index contributed by atoms with van der Waals surface area (Å²) in [6, 6.07) is 0. The molecule has 17 heavy (non-hydrogen) atoms. The zero-order valence-corrected chi connectivity index (χ0v) is 12.1. The molecule has 0 unspecified atom stereocenters. The van der Waals surface area contributed by atoms with E-state index in [2.05, 4.69) is 51.3 Å². The maximum absolute atomic E-state index is 12.0. The summed E-state index contributed by atoms with van der Waals surface area (Å²) < 4.78 is 2.05. The van der Waals surface area contributed by atoms with Gasteiger partial charge in [0, 0.05) is 11.3 Å². The number of H-pyrrole nitrogens is 1. The average Bonchev–Trinajstić information content (AvgIpc) is 2.45. The highest BCUT2D eigenvalue weighted by atomic mass is 16.1. The van der Waals surface area contributed by atoms with Crippen LogP contribution < -0.4 is 5.56 Å². The highest BCUT2D eigenvalue weighted by Gasteiger charge is 2.22. The van der Waals surface area contributed by atoms with E-state index in [-0.39, 0.29) is 11.1 Å². The van der Waals surface area contributed by atoms with Gasteiger partial charge >= 0.3 is 0 Å². The molecule has 3 heteroatoms. The summed E-state index contributed by atoms with van der Waals surface area (Å²) in [6.45, 7) is 12.8. The summed E-state index contributed by atoms with van der Waals surface area (Å²) in [7, 11) is 0. The first-order valence-electron chi connectivity index (χ1n) is 6.60. The van der Waals surface area contributed by atoms with Crippen LogP contribution in [0, 0.1) is 5.92 Å². The number of aromatic amines is 1. The number of aromatic nitrogens is 2. The second-order valence-electron chi connectivity index (χ2n) is 6.22. The van der Waals surface area contributed by atoms with Crippen LogP contribution >= 0.6 is 0 Å². The van der Waals surface area contributed by atoms with E-state index >= 15 is 0 Å². The molecule has 0 aliphatic rings. The minimum atomic E-state index is -0.0567. The van der Waals surface area contributed by atoms with E-state index in [1.807, 2.05) is 0 Å². The van der Waals surface area contributed by atoms with Crippen LogP contribution in [0.1, 0.15) is 59.2 Å². The molecule has 0 radical (unpaired) electrons. The second-order valence-corrected chi connectivity index (χ2v) is 6.22. The molecule has 0 aliphatic carbocycles. The van der Waals surface area contributed by atoms with Crippen molar-refractivity contribution >= 4 is 0 Å². The van der Waals surface area contributed by atoms with Gasteiger partial charge in [-0.05, 0) is 39.5 Å². The molecule has 0 aromatic carbocycles. The largest absolute Gasteiger partial charge is 0.284 e. The van der Waals surface area contributed by atoms with Crippen molar-refractivity contribution in [2.24, 2.45) is 5.92 Å². The van der Waals surface area contributed by atoms with Gasteiger partial charge in [0.15, 0.2) is 0 Å². The van der Waals surface area contributed by atoms with Gasteiger partial charge in [0.25, 0.3) is 5.56 Å². The quantitative estimate of drug-likeness (QED) is 0.860. The van der Waals surface area contributed by atoms with Gasteiger partial charge in [0.1, 0.15) is 0 Å². The predicted molar refractivity (Wildman–Crippen MR) is 72.6 cm³/mol. The molecule has 0 aliphatic heterocycles. The molecule has 0 atom stereocenters. The third-order valence-corrected chi connectivity index (χ3v) is 2.88.